The summed E-state index contributed by atoms with van der Waals surface area (Å²) in [7, 11) is -3.98. The van der Waals surface area contributed by atoms with Gasteiger partial charge in [-0.25, -0.2) is 4.39 Å². The van der Waals surface area contributed by atoms with Gasteiger partial charge in [-0.1, -0.05) is 30.3 Å². The highest BCUT2D eigenvalue weighted by Crippen LogP contribution is 2.26. The van der Waals surface area contributed by atoms with E-state index in [0.717, 1.165) is 5.56 Å². The van der Waals surface area contributed by atoms with Gasteiger partial charge in [-0.05, 0) is 35.9 Å². The standard InChI is InChI=1S/C15H10FNO3S/c16-12-8-5-11(6-9-12)7-10-14-13-3-1-2-4-15(13)20-21(18,19)17-14/h1-10H/b10-7+. The van der Waals surface area contributed by atoms with E-state index >= 15 is 0 Å². The number of fused-ring (bicyclic) bond motifs is 1. The summed E-state index contributed by atoms with van der Waals surface area (Å²) in [4.78, 5) is 0. The summed E-state index contributed by atoms with van der Waals surface area (Å²) in [6.45, 7) is 0. The molecule has 0 saturated heterocycles. The molecule has 1 aliphatic heterocycles. The first-order valence-electron chi connectivity index (χ1n) is 6.11. The van der Waals surface area contributed by atoms with E-state index in [9.17, 15) is 12.8 Å². The number of para-hydroxylation sites is 1. The van der Waals surface area contributed by atoms with Gasteiger partial charge in [0.2, 0.25) is 0 Å². The SMILES string of the molecule is O=S1(=O)N=C(/C=C/c2ccc(F)cc2)c2ccccc2O1. The molecule has 0 fully saturated rings. The molecule has 6 heteroatoms. The Labute approximate surface area is 121 Å². The molecule has 4 nitrogen and oxygen atoms in total. The number of hydrogen-bond donors (Lipinski definition) is 0. The third kappa shape index (κ3) is 3.00. The van der Waals surface area contributed by atoms with Crippen LogP contribution in [-0.2, 0) is 10.3 Å². The number of benzene rings is 2. The van der Waals surface area contributed by atoms with Crippen molar-refractivity contribution in [3.05, 3.63) is 71.6 Å². The number of rotatable bonds is 2. The lowest BCUT2D eigenvalue weighted by Crippen LogP contribution is -2.17. The van der Waals surface area contributed by atoms with Gasteiger partial charge in [0.05, 0.1) is 5.71 Å². The number of halogens is 1. The van der Waals surface area contributed by atoms with Crippen LogP contribution in [-0.4, -0.2) is 14.1 Å². The van der Waals surface area contributed by atoms with Gasteiger partial charge >= 0.3 is 10.3 Å². The molecule has 1 aliphatic rings. The van der Waals surface area contributed by atoms with Gasteiger partial charge in [-0.3, -0.25) is 0 Å². The second-order valence-electron chi connectivity index (χ2n) is 4.37. The van der Waals surface area contributed by atoms with Crippen LogP contribution in [0.3, 0.4) is 0 Å². The maximum Gasteiger partial charge on any atom is 0.429 e. The lowest BCUT2D eigenvalue weighted by atomic mass is 10.1. The predicted octanol–water partition coefficient (Wildman–Crippen LogP) is 2.97. The monoisotopic (exact) mass is 303 g/mol. The molecule has 0 bridgehead atoms. The molecule has 0 aliphatic carbocycles. The van der Waals surface area contributed by atoms with E-state index in [-0.39, 0.29) is 17.3 Å². The van der Waals surface area contributed by atoms with Gasteiger partial charge in [0, 0.05) is 5.56 Å². The normalized spacial score (nSPS) is 16.1. The van der Waals surface area contributed by atoms with Crippen LogP contribution in [0.5, 0.6) is 5.75 Å². The van der Waals surface area contributed by atoms with Crippen molar-refractivity contribution in [3.63, 3.8) is 0 Å². The molecule has 106 valence electrons. The van der Waals surface area contributed by atoms with E-state index in [1.54, 1.807) is 48.6 Å². The van der Waals surface area contributed by atoms with Crippen LogP contribution in [0.25, 0.3) is 6.08 Å². The zero-order valence-electron chi connectivity index (χ0n) is 10.7. The zero-order valence-corrected chi connectivity index (χ0v) is 11.5. The first-order chi connectivity index (χ1) is 10.0. The molecule has 0 amide bonds. The predicted molar refractivity (Wildman–Crippen MR) is 78.0 cm³/mol. The van der Waals surface area contributed by atoms with Crippen molar-refractivity contribution in [2.75, 3.05) is 0 Å². The Morgan fingerprint density at radius 3 is 2.48 bits per heavy atom. The molecule has 3 rings (SSSR count). The highest BCUT2D eigenvalue weighted by atomic mass is 32.2. The lowest BCUT2D eigenvalue weighted by molar-refractivity contribution is 0.485. The highest BCUT2D eigenvalue weighted by Gasteiger charge is 2.22. The average molecular weight is 303 g/mol. The topological polar surface area (TPSA) is 55.7 Å². The first kappa shape index (κ1) is 13.5. The molecular weight excluding hydrogens is 293 g/mol. The van der Waals surface area contributed by atoms with Gasteiger partial charge in [-0.15, -0.1) is 4.40 Å². The maximum absolute atomic E-state index is 12.8. The molecule has 0 atom stereocenters. The summed E-state index contributed by atoms with van der Waals surface area (Å²) in [6, 6.07) is 12.6. The van der Waals surface area contributed by atoms with Crippen molar-refractivity contribution in [2.24, 2.45) is 4.40 Å². The molecule has 0 saturated carbocycles. The third-order valence-corrected chi connectivity index (χ3v) is 3.68. The van der Waals surface area contributed by atoms with Crippen molar-refractivity contribution >= 4 is 22.1 Å². The Hall–Kier alpha value is -2.47. The molecule has 21 heavy (non-hydrogen) atoms. The first-order valence-corrected chi connectivity index (χ1v) is 7.47. The largest absolute Gasteiger partial charge is 0.429 e. The fraction of sp³-hybridized carbons (Fsp3) is 0. The number of allylic oxidation sites excluding steroid dienone is 1. The van der Waals surface area contributed by atoms with Gasteiger partial charge < -0.3 is 4.18 Å². The van der Waals surface area contributed by atoms with Crippen molar-refractivity contribution < 1.29 is 17.0 Å². The minimum atomic E-state index is -3.98. The van der Waals surface area contributed by atoms with E-state index in [1.807, 2.05) is 0 Å². The fourth-order valence-electron chi connectivity index (χ4n) is 1.92. The summed E-state index contributed by atoms with van der Waals surface area (Å²) in [5.41, 5.74) is 1.60. The highest BCUT2D eigenvalue weighted by molar-refractivity contribution is 7.86. The van der Waals surface area contributed by atoms with Crippen LogP contribution in [0, 0.1) is 5.82 Å². The minimum absolute atomic E-state index is 0.242. The molecule has 2 aromatic rings. The molecule has 1 heterocycles. The summed E-state index contributed by atoms with van der Waals surface area (Å²) in [5, 5.41) is 0. The van der Waals surface area contributed by atoms with Crippen molar-refractivity contribution in [3.8, 4) is 5.75 Å². The van der Waals surface area contributed by atoms with Gasteiger partial charge in [0.1, 0.15) is 5.82 Å². The molecular formula is C15H10FNO3S. The van der Waals surface area contributed by atoms with Gasteiger partial charge in [-0.2, -0.15) is 8.42 Å². The van der Waals surface area contributed by atoms with Crippen LogP contribution in [0.4, 0.5) is 4.39 Å². The van der Waals surface area contributed by atoms with Crippen molar-refractivity contribution in [2.45, 2.75) is 0 Å². The minimum Gasteiger partial charge on any atom is -0.365 e. The number of nitrogens with zero attached hydrogens (tertiary/aromatic N) is 1. The Kier molecular flexibility index (Phi) is 3.31. The Bertz CT molecular complexity index is 839. The van der Waals surface area contributed by atoms with Crippen LogP contribution < -0.4 is 4.18 Å². The summed E-state index contributed by atoms with van der Waals surface area (Å²) in [5.74, 6) is -0.0882. The lowest BCUT2D eigenvalue weighted by Gasteiger charge is -2.14. The van der Waals surface area contributed by atoms with E-state index in [2.05, 4.69) is 4.40 Å². The average Bonchev–Trinajstić information content (AvgIpc) is 2.45. The molecule has 0 N–H and O–H groups in total. The smallest absolute Gasteiger partial charge is 0.365 e. The Morgan fingerprint density at radius 2 is 1.71 bits per heavy atom. The van der Waals surface area contributed by atoms with Crippen LogP contribution >= 0.6 is 0 Å². The fourth-order valence-corrected chi connectivity index (χ4v) is 2.73. The zero-order chi connectivity index (χ0) is 14.9. The second-order valence-corrected chi connectivity index (χ2v) is 5.57. The van der Waals surface area contributed by atoms with Crippen LogP contribution in [0.1, 0.15) is 11.1 Å². The van der Waals surface area contributed by atoms with E-state index in [1.165, 1.54) is 12.1 Å². The van der Waals surface area contributed by atoms with Gasteiger partial charge in [0.15, 0.2) is 5.75 Å². The van der Waals surface area contributed by atoms with Crippen molar-refractivity contribution in [1.82, 2.24) is 0 Å². The molecule has 0 aromatic heterocycles. The summed E-state index contributed by atoms with van der Waals surface area (Å²) in [6.07, 6.45) is 3.22. The van der Waals surface area contributed by atoms with Crippen molar-refractivity contribution in [1.29, 1.82) is 0 Å². The second kappa shape index (κ2) is 5.14. The number of hydrogen-bond acceptors (Lipinski definition) is 3. The van der Waals surface area contributed by atoms with Gasteiger partial charge in [0.25, 0.3) is 0 Å². The quantitative estimate of drug-likeness (QED) is 0.857. The van der Waals surface area contributed by atoms with E-state index in [4.69, 9.17) is 4.18 Å². The molecule has 2 aromatic carbocycles. The Balaban J connectivity index is 2.00. The third-order valence-electron chi connectivity index (χ3n) is 2.87. The summed E-state index contributed by atoms with van der Waals surface area (Å²) < 4.78 is 44.4. The van der Waals surface area contributed by atoms with Crippen LogP contribution in [0.15, 0.2) is 59.0 Å². The Morgan fingerprint density at radius 1 is 1.00 bits per heavy atom. The van der Waals surface area contributed by atoms with E-state index < -0.39 is 10.3 Å². The summed E-state index contributed by atoms with van der Waals surface area (Å²) >= 11 is 0. The molecule has 0 unspecified atom stereocenters. The van der Waals surface area contributed by atoms with E-state index in [0.29, 0.717) is 5.56 Å². The molecule has 0 spiro atoms. The maximum atomic E-state index is 12.8. The molecule has 0 radical (unpaired) electrons. The van der Waals surface area contributed by atoms with Crippen LogP contribution in [0.2, 0.25) is 0 Å².